The number of hydrogen-bond donors (Lipinski definition) is 0. The van der Waals surface area contributed by atoms with E-state index in [-0.39, 0.29) is 24.3 Å². The van der Waals surface area contributed by atoms with E-state index in [0.717, 1.165) is 42.2 Å². The van der Waals surface area contributed by atoms with Crippen molar-refractivity contribution < 1.29 is 14.3 Å². The van der Waals surface area contributed by atoms with Crippen molar-refractivity contribution in [2.24, 2.45) is 11.8 Å². The fourth-order valence-electron chi connectivity index (χ4n) is 4.17. The molecule has 0 spiro atoms. The Morgan fingerprint density at radius 3 is 2.34 bits per heavy atom. The van der Waals surface area contributed by atoms with Crippen LogP contribution in [0.15, 0.2) is 36.4 Å². The molecule has 1 aliphatic heterocycles. The minimum atomic E-state index is -0.119. The first-order valence-electron chi connectivity index (χ1n) is 12.6. The lowest BCUT2D eigenvalue weighted by Crippen LogP contribution is -2.46. The van der Waals surface area contributed by atoms with E-state index >= 15 is 0 Å². The van der Waals surface area contributed by atoms with E-state index in [2.05, 4.69) is 28.9 Å². The van der Waals surface area contributed by atoms with Crippen LogP contribution in [0.1, 0.15) is 40.5 Å². The zero-order valence-corrected chi connectivity index (χ0v) is 21.7. The molecule has 2 heterocycles. The van der Waals surface area contributed by atoms with E-state index in [4.69, 9.17) is 4.74 Å². The molecule has 190 valence electrons. The fourth-order valence-corrected chi connectivity index (χ4v) is 4.17. The predicted molar refractivity (Wildman–Crippen MR) is 138 cm³/mol. The average Bonchev–Trinajstić information content (AvgIpc) is 3.14. The van der Waals surface area contributed by atoms with Gasteiger partial charge in [-0.3, -0.25) is 9.59 Å². The average molecular weight is 482 g/mol. The normalized spacial score (nSPS) is 15.0. The topological polar surface area (TPSA) is 78.9 Å². The summed E-state index contributed by atoms with van der Waals surface area (Å²) in [6.07, 6.45) is 1.82. The Hall–Kier alpha value is -3.16. The molecule has 0 bridgehead atoms. The molecule has 1 saturated heterocycles. The summed E-state index contributed by atoms with van der Waals surface area (Å²) in [5.74, 6) is 1.92. The molecule has 2 aromatic rings. The number of anilines is 1. The third kappa shape index (κ3) is 7.16. The molecule has 0 radical (unpaired) electrons. The Morgan fingerprint density at radius 2 is 1.74 bits per heavy atom. The van der Waals surface area contributed by atoms with Gasteiger partial charge >= 0.3 is 0 Å². The van der Waals surface area contributed by atoms with Gasteiger partial charge in [0, 0.05) is 44.2 Å². The van der Waals surface area contributed by atoms with Gasteiger partial charge in [0.05, 0.1) is 19.3 Å². The molecule has 8 nitrogen and oxygen atoms in total. The SMILES string of the molecule is CC[C@H](C)CN(CC(=O)N1CCCN(c2ccc(-c3ccc(OC)cc3)nn2)CC1)C(=O)C(C)C. The standard InChI is InChI=1S/C27H39N5O3/c1-6-21(4)18-32(27(34)20(2)3)19-26(33)31-15-7-14-30(16-17-31)25-13-12-24(28-29-25)22-8-10-23(35-5)11-9-22/h8-13,20-21H,6-7,14-19H2,1-5H3/t21-/m0/s1. The van der Waals surface area contributed by atoms with Crippen LogP contribution in [-0.2, 0) is 9.59 Å². The van der Waals surface area contributed by atoms with Gasteiger partial charge in [-0.05, 0) is 48.7 Å². The highest BCUT2D eigenvalue weighted by Crippen LogP contribution is 2.22. The third-order valence-electron chi connectivity index (χ3n) is 6.57. The van der Waals surface area contributed by atoms with Crippen molar-refractivity contribution in [3.8, 4) is 17.0 Å². The number of ether oxygens (including phenoxy) is 1. The first kappa shape index (κ1) is 26.4. The summed E-state index contributed by atoms with van der Waals surface area (Å²) in [4.78, 5) is 31.6. The molecule has 0 unspecified atom stereocenters. The molecule has 1 atom stereocenters. The Bertz CT molecular complexity index is 962. The Labute approximate surface area is 209 Å². The third-order valence-corrected chi connectivity index (χ3v) is 6.57. The van der Waals surface area contributed by atoms with Gasteiger partial charge < -0.3 is 19.4 Å². The van der Waals surface area contributed by atoms with Crippen LogP contribution in [0, 0.1) is 11.8 Å². The molecule has 1 fully saturated rings. The maximum Gasteiger partial charge on any atom is 0.242 e. The van der Waals surface area contributed by atoms with Crippen molar-refractivity contribution in [3.05, 3.63) is 36.4 Å². The van der Waals surface area contributed by atoms with Crippen LogP contribution in [0.5, 0.6) is 5.75 Å². The Morgan fingerprint density at radius 1 is 1.00 bits per heavy atom. The molecule has 0 saturated carbocycles. The van der Waals surface area contributed by atoms with E-state index in [1.54, 1.807) is 12.0 Å². The minimum Gasteiger partial charge on any atom is -0.497 e. The molecule has 1 aromatic heterocycles. The quantitative estimate of drug-likeness (QED) is 0.543. The summed E-state index contributed by atoms with van der Waals surface area (Å²) in [7, 11) is 1.65. The van der Waals surface area contributed by atoms with E-state index in [9.17, 15) is 9.59 Å². The molecule has 0 N–H and O–H groups in total. The van der Waals surface area contributed by atoms with Crippen LogP contribution in [0.4, 0.5) is 5.82 Å². The summed E-state index contributed by atoms with van der Waals surface area (Å²) < 4.78 is 5.22. The highest BCUT2D eigenvalue weighted by molar-refractivity contribution is 5.85. The van der Waals surface area contributed by atoms with Crippen molar-refractivity contribution in [1.29, 1.82) is 0 Å². The van der Waals surface area contributed by atoms with Gasteiger partial charge in [0.25, 0.3) is 0 Å². The van der Waals surface area contributed by atoms with Crippen LogP contribution in [0.3, 0.4) is 0 Å². The number of rotatable bonds is 9. The second-order valence-electron chi connectivity index (χ2n) is 9.61. The number of aromatic nitrogens is 2. The second kappa shape index (κ2) is 12.5. The molecule has 1 aliphatic rings. The summed E-state index contributed by atoms with van der Waals surface area (Å²) in [6.45, 7) is 11.6. The monoisotopic (exact) mass is 481 g/mol. The lowest BCUT2D eigenvalue weighted by atomic mass is 10.1. The van der Waals surface area contributed by atoms with Gasteiger partial charge in [-0.1, -0.05) is 34.1 Å². The molecule has 8 heteroatoms. The minimum absolute atomic E-state index is 0.0186. The number of carbonyl (C=O) groups is 2. The number of nitrogens with zero attached hydrogens (tertiary/aromatic N) is 5. The molecule has 2 amide bonds. The van der Waals surface area contributed by atoms with Crippen LogP contribution < -0.4 is 9.64 Å². The first-order valence-corrected chi connectivity index (χ1v) is 12.6. The first-order chi connectivity index (χ1) is 16.8. The lowest BCUT2D eigenvalue weighted by Gasteiger charge is -2.29. The van der Waals surface area contributed by atoms with Gasteiger partial charge in [-0.2, -0.15) is 0 Å². The summed E-state index contributed by atoms with van der Waals surface area (Å²) in [5.41, 5.74) is 1.79. The van der Waals surface area contributed by atoms with Crippen molar-refractivity contribution in [2.45, 2.75) is 40.5 Å². The zero-order chi connectivity index (χ0) is 25.4. The number of hydrogen-bond acceptors (Lipinski definition) is 6. The van der Waals surface area contributed by atoms with E-state index in [1.807, 2.05) is 55.1 Å². The summed E-state index contributed by atoms with van der Waals surface area (Å²) >= 11 is 0. The van der Waals surface area contributed by atoms with E-state index in [1.165, 1.54) is 0 Å². The van der Waals surface area contributed by atoms with Crippen LogP contribution >= 0.6 is 0 Å². The summed E-state index contributed by atoms with van der Waals surface area (Å²) in [5, 5.41) is 8.87. The van der Waals surface area contributed by atoms with Crippen molar-refractivity contribution >= 4 is 17.6 Å². The number of amides is 2. The Balaban J connectivity index is 1.60. The number of methoxy groups -OCH3 is 1. The van der Waals surface area contributed by atoms with Crippen molar-refractivity contribution in [1.82, 2.24) is 20.0 Å². The zero-order valence-electron chi connectivity index (χ0n) is 21.7. The Kier molecular flexibility index (Phi) is 9.46. The van der Waals surface area contributed by atoms with Crippen molar-refractivity contribution in [2.75, 3.05) is 51.3 Å². The summed E-state index contributed by atoms with van der Waals surface area (Å²) in [6, 6.07) is 11.7. The molecular formula is C27H39N5O3. The molecular weight excluding hydrogens is 442 g/mol. The maximum absolute atomic E-state index is 13.1. The maximum atomic E-state index is 13.1. The highest BCUT2D eigenvalue weighted by atomic mass is 16.5. The van der Waals surface area contributed by atoms with Gasteiger partial charge in [-0.25, -0.2) is 0 Å². The van der Waals surface area contributed by atoms with Crippen LogP contribution in [0.25, 0.3) is 11.3 Å². The molecule has 0 aliphatic carbocycles. The van der Waals surface area contributed by atoms with E-state index in [0.29, 0.717) is 32.1 Å². The molecule has 1 aromatic carbocycles. The smallest absolute Gasteiger partial charge is 0.242 e. The lowest BCUT2D eigenvalue weighted by molar-refractivity contribution is -0.142. The number of carbonyl (C=O) groups excluding carboxylic acids is 2. The van der Waals surface area contributed by atoms with Gasteiger partial charge in [0.2, 0.25) is 11.8 Å². The van der Waals surface area contributed by atoms with Gasteiger partial charge in [0.1, 0.15) is 5.75 Å². The number of benzene rings is 1. The highest BCUT2D eigenvalue weighted by Gasteiger charge is 2.26. The molecule has 3 rings (SSSR count). The predicted octanol–water partition coefficient (Wildman–Crippen LogP) is 3.72. The van der Waals surface area contributed by atoms with E-state index < -0.39 is 0 Å². The van der Waals surface area contributed by atoms with Crippen molar-refractivity contribution in [3.63, 3.8) is 0 Å². The second-order valence-corrected chi connectivity index (χ2v) is 9.61. The van der Waals surface area contributed by atoms with Gasteiger partial charge in [0.15, 0.2) is 5.82 Å². The van der Waals surface area contributed by atoms with Crippen LogP contribution in [0.2, 0.25) is 0 Å². The largest absolute Gasteiger partial charge is 0.497 e. The fraction of sp³-hybridized carbons (Fsp3) is 0.556. The van der Waals surface area contributed by atoms with Gasteiger partial charge in [-0.15, -0.1) is 10.2 Å². The molecule has 35 heavy (non-hydrogen) atoms. The van der Waals surface area contributed by atoms with Crippen LogP contribution in [-0.4, -0.2) is 78.2 Å².